The summed E-state index contributed by atoms with van der Waals surface area (Å²) in [5, 5.41) is 0. The summed E-state index contributed by atoms with van der Waals surface area (Å²) in [6.07, 6.45) is 5.95. The molecular weight excluding hydrogens is 341 g/mol. The Morgan fingerprint density at radius 3 is 2.62 bits per heavy atom. The molecule has 0 fully saturated rings. The van der Waals surface area contributed by atoms with Gasteiger partial charge in [-0.05, 0) is 47.2 Å². The van der Waals surface area contributed by atoms with E-state index in [0.717, 1.165) is 5.56 Å². The first-order valence-corrected chi connectivity index (χ1v) is 7.58. The molecule has 0 spiro atoms. The van der Waals surface area contributed by atoms with Crippen molar-refractivity contribution in [2.75, 3.05) is 0 Å². The molecule has 2 rings (SSSR count). The van der Waals surface area contributed by atoms with E-state index in [1.165, 1.54) is 36.4 Å². The normalized spacial score (nSPS) is 11.6. The Bertz CT molecular complexity index is 689. The van der Waals surface area contributed by atoms with Crippen LogP contribution in [0, 0.1) is 0 Å². The monoisotopic (exact) mass is 354 g/mol. The van der Waals surface area contributed by atoms with Crippen LogP contribution < -0.4 is 5.48 Å². The van der Waals surface area contributed by atoms with E-state index in [4.69, 9.17) is 4.84 Å². The number of nitrogens with zero attached hydrogens (tertiary/aromatic N) is 1. The molecule has 1 N–H and O–H groups in total. The van der Waals surface area contributed by atoms with Gasteiger partial charge in [-0.15, -0.1) is 0 Å². The molecule has 4 nitrogen and oxygen atoms in total. The fourth-order valence-electron chi connectivity index (χ4n) is 1.66. The molecule has 0 saturated heterocycles. The van der Waals surface area contributed by atoms with Gasteiger partial charge in [0, 0.05) is 23.4 Å². The van der Waals surface area contributed by atoms with Gasteiger partial charge < -0.3 is 0 Å². The fraction of sp³-hybridized carbons (Fsp3) is 0.125. The van der Waals surface area contributed by atoms with Crippen molar-refractivity contribution in [2.24, 2.45) is 0 Å². The van der Waals surface area contributed by atoms with Crippen molar-refractivity contribution in [1.29, 1.82) is 0 Å². The quantitative estimate of drug-likeness (QED) is 0.485. The predicted octanol–water partition coefficient (Wildman–Crippen LogP) is 3.95. The topological polar surface area (TPSA) is 51.2 Å². The van der Waals surface area contributed by atoms with Crippen molar-refractivity contribution < 1.29 is 22.8 Å². The molecule has 0 bridgehead atoms. The minimum absolute atomic E-state index is 0.0869. The SMILES string of the molecule is O=C(C=Cc1ccc(SC(F)(F)F)cc1)NOCc1cccnc1. The molecule has 1 aromatic heterocycles. The van der Waals surface area contributed by atoms with Gasteiger partial charge in [0.2, 0.25) is 0 Å². The van der Waals surface area contributed by atoms with E-state index < -0.39 is 11.4 Å². The maximum atomic E-state index is 12.2. The van der Waals surface area contributed by atoms with Crippen molar-refractivity contribution in [3.05, 3.63) is 66.0 Å². The summed E-state index contributed by atoms with van der Waals surface area (Å²) in [7, 11) is 0. The van der Waals surface area contributed by atoms with E-state index in [1.54, 1.807) is 24.5 Å². The minimum atomic E-state index is -4.32. The number of hydroxylamine groups is 1. The summed E-state index contributed by atoms with van der Waals surface area (Å²) in [5.74, 6) is -0.479. The number of nitrogens with one attached hydrogen (secondary N) is 1. The van der Waals surface area contributed by atoms with Gasteiger partial charge in [0.15, 0.2) is 0 Å². The van der Waals surface area contributed by atoms with Gasteiger partial charge in [-0.3, -0.25) is 14.6 Å². The molecule has 8 heteroatoms. The zero-order valence-electron chi connectivity index (χ0n) is 12.3. The molecule has 0 atom stereocenters. The lowest BCUT2D eigenvalue weighted by molar-refractivity contribution is -0.129. The molecule has 0 unspecified atom stereocenters. The summed E-state index contributed by atoms with van der Waals surface area (Å²) in [5.41, 5.74) is -0.673. The highest BCUT2D eigenvalue weighted by Gasteiger charge is 2.28. The Morgan fingerprint density at radius 2 is 2.00 bits per heavy atom. The molecule has 0 aliphatic rings. The number of hydrogen-bond acceptors (Lipinski definition) is 4. The smallest absolute Gasteiger partial charge is 0.269 e. The van der Waals surface area contributed by atoms with E-state index in [1.807, 2.05) is 0 Å². The standard InChI is InChI=1S/C16H13F3N2O2S/c17-16(18,19)24-14-6-3-12(4-7-14)5-8-15(22)21-23-11-13-2-1-9-20-10-13/h1-10H,11H2,(H,21,22). The first kappa shape index (κ1) is 18.0. The van der Waals surface area contributed by atoms with Gasteiger partial charge in [0.05, 0.1) is 0 Å². The maximum absolute atomic E-state index is 12.2. The van der Waals surface area contributed by atoms with Crippen LogP contribution in [0.2, 0.25) is 0 Å². The first-order valence-electron chi connectivity index (χ1n) is 6.77. The Kier molecular flexibility index (Phi) is 6.39. The van der Waals surface area contributed by atoms with Crippen LogP contribution in [0.4, 0.5) is 13.2 Å². The molecule has 0 saturated carbocycles. The lowest BCUT2D eigenvalue weighted by Gasteiger charge is -2.05. The average Bonchev–Trinajstić information content (AvgIpc) is 2.54. The average molecular weight is 354 g/mol. The van der Waals surface area contributed by atoms with E-state index >= 15 is 0 Å². The Hall–Kier alpha value is -2.32. The number of aromatic nitrogens is 1. The van der Waals surface area contributed by atoms with Gasteiger partial charge in [0.1, 0.15) is 6.61 Å². The van der Waals surface area contributed by atoms with Crippen LogP contribution in [-0.4, -0.2) is 16.4 Å². The lowest BCUT2D eigenvalue weighted by atomic mass is 10.2. The van der Waals surface area contributed by atoms with E-state index in [0.29, 0.717) is 5.56 Å². The van der Waals surface area contributed by atoms with E-state index in [-0.39, 0.29) is 23.3 Å². The van der Waals surface area contributed by atoms with Crippen molar-refractivity contribution >= 4 is 23.7 Å². The molecule has 126 valence electrons. The van der Waals surface area contributed by atoms with E-state index in [2.05, 4.69) is 10.5 Å². The highest BCUT2D eigenvalue weighted by atomic mass is 32.2. The van der Waals surface area contributed by atoms with Crippen molar-refractivity contribution in [3.63, 3.8) is 0 Å². The van der Waals surface area contributed by atoms with Crippen LogP contribution in [0.15, 0.2) is 59.8 Å². The molecular formula is C16H13F3N2O2S. The second kappa shape index (κ2) is 8.51. The number of carbonyl (C=O) groups excluding carboxylic acids is 1. The minimum Gasteiger partial charge on any atom is -0.269 e. The second-order valence-corrected chi connectivity index (χ2v) is 5.70. The maximum Gasteiger partial charge on any atom is 0.446 e. The summed E-state index contributed by atoms with van der Waals surface area (Å²) in [6, 6.07) is 9.22. The number of thioether (sulfide) groups is 1. The number of carbonyl (C=O) groups is 1. The number of pyridine rings is 1. The molecule has 0 radical (unpaired) electrons. The summed E-state index contributed by atoms with van der Waals surface area (Å²) >= 11 is -0.186. The zero-order chi connectivity index (χ0) is 17.4. The predicted molar refractivity (Wildman–Crippen MR) is 84.6 cm³/mol. The summed E-state index contributed by atoms with van der Waals surface area (Å²) in [4.78, 5) is 20.6. The Morgan fingerprint density at radius 1 is 1.25 bits per heavy atom. The molecule has 24 heavy (non-hydrogen) atoms. The summed E-state index contributed by atoms with van der Waals surface area (Å²) < 4.78 is 36.6. The number of hydrogen-bond donors (Lipinski definition) is 1. The highest BCUT2D eigenvalue weighted by Crippen LogP contribution is 2.36. The van der Waals surface area contributed by atoms with E-state index in [9.17, 15) is 18.0 Å². The molecule has 0 aliphatic heterocycles. The molecule has 0 aliphatic carbocycles. The molecule has 1 aromatic carbocycles. The van der Waals surface area contributed by atoms with Crippen molar-refractivity contribution in [3.8, 4) is 0 Å². The molecule has 1 heterocycles. The number of alkyl halides is 3. The van der Waals surface area contributed by atoms with Crippen LogP contribution in [0.1, 0.15) is 11.1 Å². The third-order valence-electron chi connectivity index (χ3n) is 2.68. The fourth-order valence-corrected chi connectivity index (χ4v) is 2.20. The van der Waals surface area contributed by atoms with Crippen LogP contribution in [-0.2, 0) is 16.2 Å². The van der Waals surface area contributed by atoms with Crippen molar-refractivity contribution in [2.45, 2.75) is 17.0 Å². The Balaban J connectivity index is 1.78. The molecule has 2 aromatic rings. The zero-order valence-corrected chi connectivity index (χ0v) is 13.1. The lowest BCUT2D eigenvalue weighted by Crippen LogP contribution is -2.21. The van der Waals surface area contributed by atoms with Crippen LogP contribution in [0.3, 0.4) is 0 Å². The van der Waals surface area contributed by atoms with Crippen molar-refractivity contribution in [1.82, 2.24) is 10.5 Å². The van der Waals surface area contributed by atoms with Gasteiger partial charge >= 0.3 is 5.51 Å². The van der Waals surface area contributed by atoms with Gasteiger partial charge in [-0.1, -0.05) is 18.2 Å². The number of benzene rings is 1. The number of amides is 1. The number of halogens is 3. The second-order valence-electron chi connectivity index (χ2n) is 4.57. The molecule has 1 amide bonds. The Labute approximate surface area is 140 Å². The number of rotatable bonds is 6. The van der Waals surface area contributed by atoms with Crippen LogP contribution in [0.5, 0.6) is 0 Å². The largest absolute Gasteiger partial charge is 0.446 e. The highest BCUT2D eigenvalue weighted by molar-refractivity contribution is 8.00. The van der Waals surface area contributed by atoms with Gasteiger partial charge in [0.25, 0.3) is 5.91 Å². The third-order valence-corrected chi connectivity index (χ3v) is 3.41. The van der Waals surface area contributed by atoms with Crippen LogP contribution in [0.25, 0.3) is 6.08 Å². The third kappa shape index (κ3) is 6.84. The van der Waals surface area contributed by atoms with Crippen LogP contribution >= 0.6 is 11.8 Å². The van der Waals surface area contributed by atoms with Gasteiger partial charge in [-0.25, -0.2) is 5.48 Å². The van der Waals surface area contributed by atoms with Gasteiger partial charge in [-0.2, -0.15) is 13.2 Å². The first-order chi connectivity index (χ1) is 11.4. The summed E-state index contributed by atoms with van der Waals surface area (Å²) in [6.45, 7) is 0.177.